The number of rotatable bonds is 12. The zero-order valence-corrected chi connectivity index (χ0v) is 23.4. The topological polar surface area (TPSA) is 9.23 Å². The Labute approximate surface area is 219 Å². The highest BCUT2D eigenvalue weighted by Crippen LogP contribution is 2.35. The summed E-state index contributed by atoms with van der Waals surface area (Å²) in [4.78, 5) is 0. The minimum Gasteiger partial charge on any atom is -0.494 e. The van der Waals surface area contributed by atoms with Crippen LogP contribution < -0.4 is 4.74 Å². The molecular formula is C33H43FOSi. The molecule has 0 unspecified atom stereocenters. The van der Waals surface area contributed by atoms with E-state index in [-0.39, 0.29) is 5.82 Å². The van der Waals surface area contributed by atoms with Gasteiger partial charge in [0.25, 0.3) is 0 Å². The molecule has 0 aliphatic carbocycles. The normalized spacial score (nSPS) is 17.8. The van der Waals surface area contributed by atoms with Crippen LogP contribution in [0, 0.1) is 5.82 Å². The lowest BCUT2D eigenvalue weighted by molar-refractivity contribution is 0.317. The molecule has 1 nitrogen and oxygen atoms in total. The van der Waals surface area contributed by atoms with Crippen LogP contribution in [-0.4, -0.2) is 15.4 Å². The van der Waals surface area contributed by atoms with Crippen molar-refractivity contribution in [2.75, 3.05) is 6.61 Å². The van der Waals surface area contributed by atoms with Gasteiger partial charge in [-0.25, -0.2) is 4.39 Å². The molecule has 0 atom stereocenters. The fourth-order valence-electron chi connectivity index (χ4n) is 5.61. The van der Waals surface area contributed by atoms with E-state index in [2.05, 4.69) is 44.2 Å². The van der Waals surface area contributed by atoms with E-state index in [4.69, 9.17) is 4.74 Å². The van der Waals surface area contributed by atoms with Gasteiger partial charge in [-0.1, -0.05) is 99.8 Å². The third-order valence-corrected chi connectivity index (χ3v) is 11.4. The van der Waals surface area contributed by atoms with Crippen LogP contribution in [0.4, 0.5) is 4.39 Å². The lowest BCUT2D eigenvalue weighted by atomic mass is 9.92. The summed E-state index contributed by atoms with van der Waals surface area (Å²) in [5, 5.41) is 0. The Kier molecular flexibility index (Phi) is 10.2. The van der Waals surface area contributed by atoms with Crippen molar-refractivity contribution in [1.82, 2.24) is 0 Å². The molecule has 0 aromatic heterocycles. The van der Waals surface area contributed by atoms with Gasteiger partial charge in [-0.2, -0.15) is 0 Å². The maximum atomic E-state index is 14.9. The molecule has 3 heteroatoms. The fourth-order valence-corrected chi connectivity index (χ4v) is 9.09. The smallest absolute Gasteiger partial charge is 0.131 e. The minimum atomic E-state index is -0.447. The summed E-state index contributed by atoms with van der Waals surface area (Å²) in [6.45, 7) is 5.09. The van der Waals surface area contributed by atoms with Crippen LogP contribution in [0.5, 0.6) is 5.75 Å². The summed E-state index contributed by atoms with van der Waals surface area (Å²) in [6.07, 6.45) is 9.83. The molecule has 0 amide bonds. The van der Waals surface area contributed by atoms with Gasteiger partial charge < -0.3 is 4.74 Å². The molecule has 1 heterocycles. The molecule has 4 rings (SSSR count). The maximum absolute atomic E-state index is 14.9. The summed E-state index contributed by atoms with van der Waals surface area (Å²) >= 11 is 0. The van der Waals surface area contributed by atoms with Gasteiger partial charge in [0.2, 0.25) is 0 Å². The number of unbranched alkanes of at least 4 members (excludes halogenated alkanes) is 2. The predicted octanol–water partition coefficient (Wildman–Crippen LogP) is 9.36. The molecule has 1 saturated heterocycles. The molecule has 1 fully saturated rings. The van der Waals surface area contributed by atoms with Crippen LogP contribution in [0.25, 0.3) is 11.1 Å². The van der Waals surface area contributed by atoms with Crippen molar-refractivity contribution in [3.8, 4) is 16.9 Å². The fraction of sp³-hybridized carbons (Fsp3) is 0.455. The number of aryl methyl sites for hydroxylation is 2. The van der Waals surface area contributed by atoms with Crippen molar-refractivity contribution >= 4 is 8.80 Å². The molecule has 1 aliphatic heterocycles. The van der Waals surface area contributed by atoms with E-state index >= 15 is 0 Å². The van der Waals surface area contributed by atoms with Crippen LogP contribution in [0.15, 0.2) is 66.7 Å². The lowest BCUT2D eigenvalue weighted by Crippen LogP contribution is -2.20. The Morgan fingerprint density at radius 1 is 0.806 bits per heavy atom. The highest BCUT2D eigenvalue weighted by atomic mass is 28.3. The molecule has 0 bridgehead atoms. The van der Waals surface area contributed by atoms with Gasteiger partial charge in [0.15, 0.2) is 0 Å². The number of hydrogen-bond donors (Lipinski definition) is 0. The van der Waals surface area contributed by atoms with Gasteiger partial charge in [-0.3, -0.25) is 0 Å². The van der Waals surface area contributed by atoms with Gasteiger partial charge in [-0.15, -0.1) is 0 Å². The Hall–Kier alpha value is -2.39. The summed E-state index contributed by atoms with van der Waals surface area (Å²) in [5.74, 6) is 1.45. The van der Waals surface area contributed by atoms with Gasteiger partial charge >= 0.3 is 0 Å². The molecule has 0 radical (unpaired) electrons. The first kappa shape index (κ1) is 26.7. The molecule has 0 spiro atoms. The van der Waals surface area contributed by atoms with E-state index in [1.54, 1.807) is 12.1 Å². The highest BCUT2D eigenvalue weighted by Gasteiger charge is 2.22. The highest BCUT2D eigenvalue weighted by molar-refractivity contribution is 6.59. The molecule has 3 aromatic rings. The zero-order valence-electron chi connectivity index (χ0n) is 22.3. The standard InChI is InChI=1S/C33H43FOSi/c1-3-5-6-22-36-23-19-29(20-24-36)28-12-9-26(10-13-28)7-8-27-11-18-32(33(34)25-27)30-14-16-31(17-15-30)35-21-4-2/h9-18,25,29,36H,3-8,19-24H2,1-2H3. The second-order valence-corrected chi connectivity index (χ2v) is 14.1. The van der Waals surface area contributed by atoms with Crippen molar-refractivity contribution in [2.45, 2.75) is 89.3 Å². The van der Waals surface area contributed by atoms with E-state index in [0.717, 1.165) is 42.1 Å². The van der Waals surface area contributed by atoms with E-state index < -0.39 is 8.80 Å². The molecule has 36 heavy (non-hydrogen) atoms. The summed E-state index contributed by atoms with van der Waals surface area (Å²) in [6, 6.07) is 27.4. The average molecular weight is 503 g/mol. The van der Waals surface area contributed by atoms with Gasteiger partial charge in [0.05, 0.1) is 6.61 Å². The van der Waals surface area contributed by atoms with Crippen molar-refractivity contribution < 1.29 is 9.13 Å². The lowest BCUT2D eigenvalue weighted by Gasteiger charge is -2.28. The Bertz CT molecular complexity index is 1050. The summed E-state index contributed by atoms with van der Waals surface area (Å²) in [7, 11) is -0.447. The Morgan fingerprint density at radius 2 is 1.50 bits per heavy atom. The molecule has 1 aliphatic rings. The first-order valence-corrected chi connectivity index (χ1v) is 16.7. The number of halogens is 1. The van der Waals surface area contributed by atoms with E-state index in [1.165, 1.54) is 55.3 Å². The average Bonchev–Trinajstić information content (AvgIpc) is 2.92. The van der Waals surface area contributed by atoms with E-state index in [1.807, 2.05) is 30.3 Å². The third-order valence-electron chi connectivity index (χ3n) is 7.89. The number of hydrogen-bond acceptors (Lipinski definition) is 1. The predicted molar refractivity (Wildman–Crippen MR) is 155 cm³/mol. The van der Waals surface area contributed by atoms with E-state index in [0.29, 0.717) is 12.2 Å². The Balaban J connectivity index is 1.27. The maximum Gasteiger partial charge on any atom is 0.131 e. The van der Waals surface area contributed by atoms with Gasteiger partial charge in [0, 0.05) is 14.4 Å². The molecular weight excluding hydrogens is 459 g/mol. The van der Waals surface area contributed by atoms with Crippen LogP contribution in [0.1, 0.15) is 75.0 Å². The number of benzene rings is 3. The second-order valence-electron chi connectivity index (χ2n) is 10.6. The first-order chi connectivity index (χ1) is 17.7. The van der Waals surface area contributed by atoms with Crippen molar-refractivity contribution in [2.24, 2.45) is 0 Å². The minimum absolute atomic E-state index is 0.154. The van der Waals surface area contributed by atoms with Crippen molar-refractivity contribution in [3.63, 3.8) is 0 Å². The largest absolute Gasteiger partial charge is 0.494 e. The van der Waals surface area contributed by atoms with Crippen LogP contribution >= 0.6 is 0 Å². The van der Waals surface area contributed by atoms with Crippen LogP contribution in [0.2, 0.25) is 18.1 Å². The summed E-state index contributed by atoms with van der Waals surface area (Å²) in [5.41, 5.74) is 5.45. The second kappa shape index (κ2) is 13.8. The van der Waals surface area contributed by atoms with E-state index in [9.17, 15) is 4.39 Å². The zero-order chi connectivity index (χ0) is 25.2. The first-order valence-electron chi connectivity index (χ1n) is 14.3. The van der Waals surface area contributed by atoms with Crippen LogP contribution in [0.3, 0.4) is 0 Å². The van der Waals surface area contributed by atoms with Crippen LogP contribution in [-0.2, 0) is 12.8 Å². The monoisotopic (exact) mass is 502 g/mol. The number of ether oxygens (including phenoxy) is 1. The van der Waals surface area contributed by atoms with Gasteiger partial charge in [0.1, 0.15) is 11.6 Å². The van der Waals surface area contributed by atoms with Crippen molar-refractivity contribution in [1.29, 1.82) is 0 Å². The summed E-state index contributed by atoms with van der Waals surface area (Å²) < 4.78 is 20.5. The third kappa shape index (κ3) is 7.55. The SMILES string of the molecule is CCCCC[SiH]1CCC(c2ccc(CCc3ccc(-c4ccc(OCCC)cc4)c(F)c3)cc2)CC1. The molecule has 0 N–H and O–H groups in total. The quantitative estimate of drug-likeness (QED) is 0.177. The Morgan fingerprint density at radius 3 is 2.17 bits per heavy atom. The molecule has 192 valence electrons. The molecule has 0 saturated carbocycles. The molecule has 3 aromatic carbocycles. The van der Waals surface area contributed by atoms with Gasteiger partial charge in [-0.05, 0) is 78.5 Å². The van der Waals surface area contributed by atoms with Crippen molar-refractivity contribution in [3.05, 3.63) is 89.2 Å².